The van der Waals surface area contributed by atoms with E-state index in [0.29, 0.717) is 0 Å². The first kappa shape index (κ1) is 12.4. The molecule has 92 valence electrons. The van der Waals surface area contributed by atoms with Gasteiger partial charge in [-0.3, -0.25) is 0 Å². The molecule has 0 spiro atoms. The van der Waals surface area contributed by atoms with Gasteiger partial charge in [0.25, 0.3) is 0 Å². The predicted octanol–water partition coefficient (Wildman–Crippen LogP) is 4.74. The van der Waals surface area contributed by atoms with Gasteiger partial charge in [0.05, 0.1) is 5.76 Å². The van der Waals surface area contributed by atoms with Gasteiger partial charge in [0.15, 0.2) is 0 Å². The molecule has 1 heterocycles. The van der Waals surface area contributed by atoms with Gasteiger partial charge in [-0.25, -0.2) is 0 Å². The van der Waals surface area contributed by atoms with E-state index in [2.05, 4.69) is 51.2 Å². The van der Waals surface area contributed by atoms with Crippen LogP contribution < -0.4 is 0 Å². The third kappa shape index (κ3) is 2.81. The zero-order chi connectivity index (χ0) is 12.5. The Morgan fingerprint density at radius 3 is 2.59 bits per heavy atom. The highest BCUT2D eigenvalue weighted by Gasteiger charge is 2.29. The molecule has 0 radical (unpaired) electrons. The van der Waals surface area contributed by atoms with Crippen LogP contribution in [0.25, 0.3) is 5.57 Å². The van der Waals surface area contributed by atoms with Crippen LogP contribution in [0, 0.1) is 6.92 Å². The Morgan fingerprint density at radius 1 is 1.24 bits per heavy atom. The lowest BCUT2D eigenvalue weighted by atomic mass is 10.00. The molecule has 1 fully saturated rings. The zero-order valence-electron chi connectivity index (χ0n) is 11.3. The van der Waals surface area contributed by atoms with E-state index < -0.39 is 8.32 Å². The maximum Gasteiger partial charge on any atom is 0.244 e. The summed E-state index contributed by atoms with van der Waals surface area (Å²) in [7, 11) is -1.42. The molecule has 0 aliphatic carbocycles. The number of benzene rings is 1. The second-order valence-corrected chi connectivity index (χ2v) is 9.80. The van der Waals surface area contributed by atoms with Crippen molar-refractivity contribution in [3.63, 3.8) is 0 Å². The fourth-order valence-corrected chi connectivity index (χ4v) is 4.57. The summed E-state index contributed by atoms with van der Waals surface area (Å²) < 4.78 is 6.26. The van der Waals surface area contributed by atoms with Crippen molar-refractivity contribution in [1.82, 2.24) is 0 Å². The van der Waals surface area contributed by atoms with Gasteiger partial charge in [-0.2, -0.15) is 0 Å². The lowest BCUT2D eigenvalue weighted by molar-refractivity contribution is 0.368. The molecule has 0 unspecified atom stereocenters. The Kier molecular flexibility index (Phi) is 3.43. The van der Waals surface area contributed by atoms with Crippen molar-refractivity contribution < 1.29 is 4.43 Å². The summed E-state index contributed by atoms with van der Waals surface area (Å²) in [5, 5.41) is 0. The van der Waals surface area contributed by atoms with E-state index in [-0.39, 0.29) is 0 Å². The summed E-state index contributed by atoms with van der Waals surface area (Å²) in [4.78, 5) is 0. The number of hydrogen-bond donors (Lipinski definition) is 0. The highest BCUT2D eigenvalue weighted by atomic mass is 28.4. The van der Waals surface area contributed by atoms with Crippen LogP contribution >= 0.6 is 0 Å². The molecule has 0 atom stereocenters. The van der Waals surface area contributed by atoms with E-state index in [1.54, 1.807) is 0 Å². The quantitative estimate of drug-likeness (QED) is 0.650. The average molecular weight is 246 g/mol. The maximum atomic E-state index is 6.26. The Balaban J connectivity index is 2.35. The van der Waals surface area contributed by atoms with Crippen molar-refractivity contribution >= 4 is 13.9 Å². The third-order valence-corrected chi connectivity index (χ3v) is 5.91. The smallest absolute Gasteiger partial charge is 0.244 e. The molecule has 1 aliphatic heterocycles. The Bertz CT molecular complexity index is 446. The average Bonchev–Trinajstić information content (AvgIpc) is 2.27. The molecule has 1 aliphatic rings. The molecule has 0 aromatic heterocycles. The van der Waals surface area contributed by atoms with Crippen LogP contribution in [0.15, 0.2) is 30.0 Å². The highest BCUT2D eigenvalue weighted by molar-refractivity contribution is 6.71. The van der Waals surface area contributed by atoms with E-state index in [1.165, 1.54) is 34.9 Å². The van der Waals surface area contributed by atoms with E-state index in [1.807, 2.05) is 0 Å². The Hall–Kier alpha value is -1.02. The van der Waals surface area contributed by atoms with Gasteiger partial charge < -0.3 is 4.43 Å². The second kappa shape index (κ2) is 4.69. The normalized spacial score (nSPS) is 21.9. The van der Waals surface area contributed by atoms with Crippen LogP contribution in [0.1, 0.15) is 30.9 Å². The molecule has 1 saturated heterocycles. The van der Waals surface area contributed by atoms with E-state index >= 15 is 0 Å². The third-order valence-electron chi connectivity index (χ3n) is 3.55. The summed E-state index contributed by atoms with van der Waals surface area (Å²) >= 11 is 0. The van der Waals surface area contributed by atoms with E-state index in [9.17, 15) is 0 Å². The van der Waals surface area contributed by atoms with E-state index in [0.717, 1.165) is 6.42 Å². The molecular weight excluding hydrogens is 224 g/mol. The minimum absolute atomic E-state index is 1.11. The molecule has 0 bridgehead atoms. The van der Waals surface area contributed by atoms with Gasteiger partial charge in [0, 0.05) is 6.42 Å². The fraction of sp³-hybridized carbons (Fsp3) is 0.467. The molecule has 1 aromatic carbocycles. The molecule has 0 N–H and O–H groups in total. The highest BCUT2D eigenvalue weighted by Crippen LogP contribution is 2.33. The number of aryl methyl sites for hydroxylation is 1. The van der Waals surface area contributed by atoms with Crippen molar-refractivity contribution in [1.29, 1.82) is 0 Å². The van der Waals surface area contributed by atoms with Crippen LogP contribution in [-0.4, -0.2) is 8.32 Å². The first-order chi connectivity index (χ1) is 7.99. The molecular formula is C15H22OSi. The largest absolute Gasteiger partial charge is 0.547 e. The number of rotatable bonds is 1. The zero-order valence-corrected chi connectivity index (χ0v) is 12.3. The minimum atomic E-state index is -1.42. The number of allylic oxidation sites excluding steroid dienone is 2. The van der Waals surface area contributed by atoms with Crippen LogP contribution in [-0.2, 0) is 4.43 Å². The molecule has 1 nitrogen and oxygen atoms in total. The Morgan fingerprint density at radius 2 is 1.94 bits per heavy atom. The minimum Gasteiger partial charge on any atom is -0.547 e. The van der Waals surface area contributed by atoms with Crippen LogP contribution in [0.4, 0.5) is 0 Å². The first-order valence-corrected chi connectivity index (χ1v) is 9.56. The van der Waals surface area contributed by atoms with Gasteiger partial charge in [-0.1, -0.05) is 24.3 Å². The SMILES string of the molecule is CC(=C1CCC[Si](C)(C)O1)c1ccccc1C. The standard InChI is InChI=1S/C15H22OSi/c1-12-8-5-6-9-14(12)13(2)15-10-7-11-17(3,4)16-15/h5-6,8-9H,7,10-11H2,1-4H3. The van der Waals surface area contributed by atoms with Gasteiger partial charge in [0.1, 0.15) is 0 Å². The molecule has 2 heteroatoms. The van der Waals surface area contributed by atoms with Gasteiger partial charge in [0.2, 0.25) is 8.32 Å². The number of hydrogen-bond acceptors (Lipinski definition) is 1. The lowest BCUT2D eigenvalue weighted by Crippen LogP contribution is -2.33. The fourth-order valence-electron chi connectivity index (χ4n) is 2.52. The van der Waals surface area contributed by atoms with E-state index in [4.69, 9.17) is 4.43 Å². The molecule has 0 amide bonds. The molecule has 17 heavy (non-hydrogen) atoms. The summed E-state index contributed by atoms with van der Waals surface area (Å²) in [6.45, 7) is 9.01. The Labute approximate surface area is 106 Å². The monoisotopic (exact) mass is 246 g/mol. The summed E-state index contributed by atoms with van der Waals surface area (Å²) in [6, 6.07) is 9.86. The van der Waals surface area contributed by atoms with Crippen molar-refractivity contribution in [2.45, 2.75) is 45.8 Å². The summed E-state index contributed by atoms with van der Waals surface area (Å²) in [5.74, 6) is 1.24. The maximum absolute atomic E-state index is 6.26. The van der Waals surface area contributed by atoms with Crippen LogP contribution in [0.5, 0.6) is 0 Å². The molecule has 0 saturated carbocycles. The molecule has 1 aromatic rings. The van der Waals surface area contributed by atoms with Gasteiger partial charge in [-0.15, -0.1) is 0 Å². The first-order valence-electron chi connectivity index (χ1n) is 6.44. The topological polar surface area (TPSA) is 9.23 Å². The van der Waals surface area contributed by atoms with Gasteiger partial charge in [-0.05, 0) is 56.1 Å². The predicted molar refractivity (Wildman–Crippen MR) is 76.4 cm³/mol. The van der Waals surface area contributed by atoms with Gasteiger partial charge >= 0.3 is 0 Å². The van der Waals surface area contributed by atoms with Crippen molar-refractivity contribution in [3.8, 4) is 0 Å². The lowest BCUT2D eigenvalue weighted by Gasteiger charge is -2.32. The summed E-state index contributed by atoms with van der Waals surface area (Å²) in [6.07, 6.45) is 2.40. The second-order valence-electron chi connectivity index (χ2n) is 5.58. The van der Waals surface area contributed by atoms with Crippen LogP contribution in [0.2, 0.25) is 19.1 Å². The van der Waals surface area contributed by atoms with Crippen molar-refractivity contribution in [2.75, 3.05) is 0 Å². The van der Waals surface area contributed by atoms with Crippen LogP contribution in [0.3, 0.4) is 0 Å². The molecule has 2 rings (SSSR count). The summed E-state index contributed by atoms with van der Waals surface area (Å²) in [5.41, 5.74) is 4.02. The van der Waals surface area contributed by atoms with Crippen molar-refractivity contribution in [2.24, 2.45) is 0 Å². The van der Waals surface area contributed by atoms with Crippen molar-refractivity contribution in [3.05, 3.63) is 41.2 Å².